The molecule has 0 aromatic heterocycles. The monoisotopic (exact) mass is 244 g/mol. The van der Waals surface area contributed by atoms with Crippen LogP contribution in [0, 0.1) is 5.92 Å². The maximum Gasteiger partial charge on any atom is 0.327 e. The highest BCUT2D eigenvalue weighted by molar-refractivity contribution is 6.74. The molecule has 0 saturated heterocycles. The molecule has 0 rings (SSSR count). The maximum atomic E-state index is 10.3. The van der Waals surface area contributed by atoms with Gasteiger partial charge in [-0.25, -0.2) is 4.79 Å². The molecule has 0 aromatic rings. The summed E-state index contributed by atoms with van der Waals surface area (Å²) in [5, 5.41) is 8.70. The minimum Gasteiger partial charge on any atom is -0.478 e. The Morgan fingerprint density at radius 2 is 1.94 bits per heavy atom. The van der Waals surface area contributed by atoms with Gasteiger partial charge < -0.3 is 9.53 Å². The van der Waals surface area contributed by atoms with E-state index in [0.29, 0.717) is 6.61 Å². The van der Waals surface area contributed by atoms with Crippen LogP contribution in [0.1, 0.15) is 27.7 Å². The Hall–Kier alpha value is -0.613. The number of aliphatic carboxylic acids is 1. The molecule has 0 bridgehead atoms. The first-order valence-electron chi connectivity index (χ1n) is 5.61. The number of carboxylic acids is 1. The molecular weight excluding hydrogens is 220 g/mol. The fraction of sp³-hybridized carbons (Fsp3) is 0.750. The van der Waals surface area contributed by atoms with Crippen molar-refractivity contribution in [1.29, 1.82) is 0 Å². The molecule has 0 heterocycles. The third-order valence-corrected chi connectivity index (χ3v) is 7.58. The van der Waals surface area contributed by atoms with Gasteiger partial charge in [0.15, 0.2) is 8.32 Å². The summed E-state index contributed by atoms with van der Waals surface area (Å²) < 4.78 is 5.98. The summed E-state index contributed by atoms with van der Waals surface area (Å²) in [4.78, 5) is 10.3. The van der Waals surface area contributed by atoms with Gasteiger partial charge in [0.1, 0.15) is 0 Å². The van der Waals surface area contributed by atoms with Crippen molar-refractivity contribution in [1.82, 2.24) is 0 Å². The van der Waals surface area contributed by atoms with Crippen LogP contribution in [0.4, 0.5) is 0 Å². The van der Waals surface area contributed by atoms with Crippen molar-refractivity contribution in [2.24, 2.45) is 5.92 Å². The lowest BCUT2D eigenvalue weighted by atomic mass is 10.2. The van der Waals surface area contributed by atoms with Gasteiger partial charge in [0.25, 0.3) is 0 Å². The smallest absolute Gasteiger partial charge is 0.327 e. The van der Waals surface area contributed by atoms with E-state index in [-0.39, 0.29) is 11.0 Å². The van der Waals surface area contributed by atoms with E-state index in [9.17, 15) is 4.79 Å². The molecule has 0 unspecified atom stereocenters. The summed E-state index contributed by atoms with van der Waals surface area (Å²) in [7, 11) is -1.71. The largest absolute Gasteiger partial charge is 0.478 e. The van der Waals surface area contributed by atoms with Crippen LogP contribution in [-0.2, 0) is 9.22 Å². The SMILES string of the molecule is C[C@H](/C=C/C(=O)O)CO[Si](C)(C)C(C)(C)C. The molecule has 16 heavy (non-hydrogen) atoms. The van der Waals surface area contributed by atoms with Crippen LogP contribution in [-0.4, -0.2) is 26.0 Å². The quantitative estimate of drug-likeness (QED) is 0.596. The van der Waals surface area contributed by atoms with E-state index in [0.717, 1.165) is 0 Å². The van der Waals surface area contributed by atoms with Crippen LogP contribution in [0.15, 0.2) is 12.2 Å². The van der Waals surface area contributed by atoms with Crippen molar-refractivity contribution in [2.75, 3.05) is 6.61 Å². The van der Waals surface area contributed by atoms with Gasteiger partial charge in [-0.2, -0.15) is 0 Å². The predicted molar refractivity (Wildman–Crippen MR) is 69.1 cm³/mol. The van der Waals surface area contributed by atoms with Crippen molar-refractivity contribution in [3.05, 3.63) is 12.2 Å². The minimum atomic E-state index is -1.71. The van der Waals surface area contributed by atoms with Gasteiger partial charge in [-0.1, -0.05) is 33.8 Å². The van der Waals surface area contributed by atoms with Gasteiger partial charge in [0, 0.05) is 12.7 Å². The molecule has 0 aliphatic carbocycles. The predicted octanol–water partition coefficient (Wildman–Crippen LogP) is 3.29. The highest BCUT2D eigenvalue weighted by Crippen LogP contribution is 2.36. The molecule has 0 fully saturated rings. The van der Waals surface area contributed by atoms with Crippen LogP contribution in [0.25, 0.3) is 0 Å². The Morgan fingerprint density at radius 1 is 1.44 bits per heavy atom. The Balaban J connectivity index is 4.20. The van der Waals surface area contributed by atoms with E-state index in [4.69, 9.17) is 9.53 Å². The molecule has 94 valence electrons. The molecular formula is C12H24O3Si. The third kappa shape index (κ3) is 5.46. The summed E-state index contributed by atoms with van der Waals surface area (Å²) in [6.45, 7) is 13.5. The first-order chi connectivity index (χ1) is 7.06. The zero-order valence-electron chi connectivity index (χ0n) is 11.2. The van der Waals surface area contributed by atoms with Crippen molar-refractivity contribution in [2.45, 2.75) is 45.8 Å². The standard InChI is InChI=1S/C12H24O3Si/c1-10(7-8-11(13)14)9-15-16(5,6)12(2,3)4/h7-8,10H,9H2,1-6H3,(H,13,14)/b8-7+/t10-/m1/s1. The van der Waals surface area contributed by atoms with E-state index < -0.39 is 14.3 Å². The van der Waals surface area contributed by atoms with Crippen molar-refractivity contribution in [3.63, 3.8) is 0 Å². The summed E-state index contributed by atoms with van der Waals surface area (Å²) in [5.41, 5.74) is 0. The topological polar surface area (TPSA) is 46.5 Å². The lowest BCUT2D eigenvalue weighted by Gasteiger charge is -2.36. The number of hydrogen-bond acceptors (Lipinski definition) is 2. The van der Waals surface area contributed by atoms with Crippen LogP contribution < -0.4 is 0 Å². The first kappa shape index (κ1) is 15.4. The van der Waals surface area contributed by atoms with E-state index in [1.165, 1.54) is 6.08 Å². The minimum absolute atomic E-state index is 0.144. The Morgan fingerprint density at radius 3 is 2.31 bits per heavy atom. The Labute approximate surface area is 99.6 Å². The van der Waals surface area contributed by atoms with Crippen LogP contribution in [0.2, 0.25) is 18.1 Å². The lowest BCUT2D eigenvalue weighted by Crippen LogP contribution is -2.41. The summed E-state index contributed by atoms with van der Waals surface area (Å²) >= 11 is 0. The van der Waals surface area contributed by atoms with Crippen LogP contribution in [0.5, 0.6) is 0 Å². The lowest BCUT2D eigenvalue weighted by molar-refractivity contribution is -0.131. The summed E-state index contributed by atoms with van der Waals surface area (Å²) in [5.74, 6) is -0.760. The molecule has 1 N–H and O–H groups in total. The second-order valence-electron chi connectivity index (χ2n) is 5.75. The van der Waals surface area contributed by atoms with E-state index in [1.54, 1.807) is 6.08 Å². The van der Waals surface area contributed by atoms with Crippen LogP contribution >= 0.6 is 0 Å². The maximum absolute atomic E-state index is 10.3. The number of hydrogen-bond donors (Lipinski definition) is 1. The first-order valence-corrected chi connectivity index (χ1v) is 8.52. The van der Waals surface area contributed by atoms with Crippen molar-refractivity contribution >= 4 is 14.3 Å². The van der Waals surface area contributed by atoms with Gasteiger partial charge >= 0.3 is 5.97 Å². The Bertz CT molecular complexity index is 264. The van der Waals surface area contributed by atoms with Gasteiger partial charge in [-0.05, 0) is 24.1 Å². The van der Waals surface area contributed by atoms with E-state index in [1.807, 2.05) is 6.92 Å². The van der Waals surface area contributed by atoms with Gasteiger partial charge in [0.2, 0.25) is 0 Å². The summed E-state index contributed by atoms with van der Waals surface area (Å²) in [6.07, 6.45) is 2.86. The normalized spacial score (nSPS) is 15.4. The molecule has 0 aliphatic heterocycles. The molecule has 3 nitrogen and oxygen atoms in total. The fourth-order valence-electron chi connectivity index (χ4n) is 0.858. The fourth-order valence-corrected chi connectivity index (χ4v) is 1.97. The van der Waals surface area contributed by atoms with E-state index in [2.05, 4.69) is 33.9 Å². The van der Waals surface area contributed by atoms with Gasteiger partial charge in [0.05, 0.1) is 0 Å². The zero-order chi connectivity index (χ0) is 13.0. The molecule has 0 saturated carbocycles. The van der Waals surface area contributed by atoms with Crippen molar-refractivity contribution < 1.29 is 14.3 Å². The second-order valence-corrected chi connectivity index (χ2v) is 10.6. The average molecular weight is 244 g/mol. The molecule has 0 spiro atoms. The highest BCUT2D eigenvalue weighted by Gasteiger charge is 2.37. The highest BCUT2D eigenvalue weighted by atomic mass is 28.4. The molecule has 4 heteroatoms. The van der Waals surface area contributed by atoms with Gasteiger partial charge in [-0.3, -0.25) is 0 Å². The van der Waals surface area contributed by atoms with Crippen molar-refractivity contribution in [3.8, 4) is 0 Å². The van der Waals surface area contributed by atoms with E-state index >= 15 is 0 Å². The zero-order valence-corrected chi connectivity index (χ0v) is 12.2. The number of carboxylic acid groups (broad SMARTS) is 1. The molecule has 1 atom stereocenters. The molecule has 0 aliphatic rings. The second kappa shape index (κ2) is 5.64. The average Bonchev–Trinajstić information content (AvgIpc) is 2.09. The molecule has 0 aromatic carbocycles. The number of carbonyl (C=O) groups is 1. The molecule has 0 amide bonds. The van der Waals surface area contributed by atoms with Crippen LogP contribution in [0.3, 0.4) is 0 Å². The third-order valence-electron chi connectivity index (χ3n) is 3.08. The Kier molecular flexibility index (Phi) is 5.42. The number of rotatable bonds is 5. The van der Waals surface area contributed by atoms with Gasteiger partial charge in [-0.15, -0.1) is 0 Å². The molecule has 0 radical (unpaired) electrons. The summed E-state index contributed by atoms with van der Waals surface area (Å²) in [6, 6.07) is 0.